The van der Waals surface area contributed by atoms with E-state index in [1.54, 1.807) is 0 Å². The van der Waals surface area contributed by atoms with E-state index in [1.165, 1.54) is 19.2 Å². The number of non-ortho nitro benzene ring substituents is 1. The molecule has 126 valence electrons. The van der Waals surface area contributed by atoms with Crippen molar-refractivity contribution in [2.75, 3.05) is 33.4 Å². The lowest BCUT2D eigenvalue weighted by Gasteiger charge is -2.18. The van der Waals surface area contributed by atoms with E-state index in [1.807, 2.05) is 0 Å². The average Bonchev–Trinajstić information content (AvgIpc) is 2.48. The molecule has 0 N–H and O–H groups in total. The van der Waals surface area contributed by atoms with Gasteiger partial charge in [0, 0.05) is 12.6 Å². The summed E-state index contributed by atoms with van der Waals surface area (Å²) in [6, 6.07) is 2.58. The van der Waals surface area contributed by atoms with Crippen LogP contribution in [0.3, 0.4) is 0 Å². The summed E-state index contributed by atoms with van der Waals surface area (Å²) in [5.74, 6) is 0.626. The van der Waals surface area contributed by atoms with Gasteiger partial charge in [-0.15, -0.1) is 12.4 Å². The van der Waals surface area contributed by atoms with Gasteiger partial charge < -0.3 is 14.4 Å². The lowest BCUT2D eigenvalue weighted by molar-refractivity contribution is -0.384. The molecule has 0 aliphatic heterocycles. The fourth-order valence-electron chi connectivity index (χ4n) is 1.95. The van der Waals surface area contributed by atoms with Gasteiger partial charge in [-0.2, -0.15) is 0 Å². The fourth-order valence-corrected chi connectivity index (χ4v) is 2.21. The molecular formula is C14H22Cl2N2O4. The zero-order valence-electron chi connectivity index (χ0n) is 13.0. The second-order valence-electron chi connectivity index (χ2n) is 4.44. The summed E-state index contributed by atoms with van der Waals surface area (Å²) < 4.78 is 10.7. The SMILES string of the molecule is CCN(CC)CCCOc1c(Cl)cc([N+](=O)[O-])cc1OC.Cl. The summed E-state index contributed by atoms with van der Waals surface area (Å²) in [5.41, 5.74) is -0.118. The topological polar surface area (TPSA) is 64.8 Å². The molecule has 0 atom stereocenters. The molecule has 1 rings (SSSR count). The van der Waals surface area contributed by atoms with Crippen LogP contribution in [-0.2, 0) is 0 Å². The van der Waals surface area contributed by atoms with E-state index in [9.17, 15) is 10.1 Å². The van der Waals surface area contributed by atoms with Crippen molar-refractivity contribution < 1.29 is 14.4 Å². The first kappa shape index (κ1) is 20.8. The maximum atomic E-state index is 10.8. The number of nitro benzene ring substituents is 1. The molecule has 0 fully saturated rings. The van der Waals surface area contributed by atoms with Gasteiger partial charge in [0.05, 0.1) is 29.7 Å². The maximum absolute atomic E-state index is 10.8. The number of halogens is 2. The molecule has 0 aromatic heterocycles. The van der Waals surface area contributed by atoms with Gasteiger partial charge in [0.1, 0.15) is 0 Å². The van der Waals surface area contributed by atoms with Gasteiger partial charge in [-0.25, -0.2) is 0 Å². The second kappa shape index (κ2) is 10.5. The molecule has 1 aromatic rings. The summed E-state index contributed by atoms with van der Waals surface area (Å²) in [5, 5.41) is 11.0. The van der Waals surface area contributed by atoms with Crippen LogP contribution in [0.2, 0.25) is 5.02 Å². The smallest absolute Gasteiger partial charge is 0.274 e. The Kier molecular flexibility index (Phi) is 9.89. The van der Waals surface area contributed by atoms with Gasteiger partial charge in [-0.3, -0.25) is 10.1 Å². The Hall–Kier alpha value is -1.24. The number of hydrogen-bond donors (Lipinski definition) is 0. The third-order valence-electron chi connectivity index (χ3n) is 3.18. The predicted octanol–water partition coefficient (Wildman–Crippen LogP) is 3.79. The number of hydrogen-bond acceptors (Lipinski definition) is 5. The maximum Gasteiger partial charge on any atom is 0.274 e. The Bertz CT molecular complexity index is 482. The van der Waals surface area contributed by atoms with Crippen LogP contribution >= 0.6 is 24.0 Å². The molecule has 0 spiro atoms. The van der Waals surface area contributed by atoms with Crippen molar-refractivity contribution in [1.82, 2.24) is 4.90 Å². The molecule has 0 aliphatic carbocycles. The number of benzene rings is 1. The molecule has 0 bridgehead atoms. The number of nitro groups is 1. The molecule has 0 aliphatic rings. The first-order valence-electron chi connectivity index (χ1n) is 6.90. The molecular weight excluding hydrogens is 331 g/mol. The van der Waals surface area contributed by atoms with Crippen molar-refractivity contribution >= 4 is 29.7 Å². The Morgan fingerprint density at radius 1 is 1.32 bits per heavy atom. The van der Waals surface area contributed by atoms with Gasteiger partial charge >= 0.3 is 0 Å². The van der Waals surface area contributed by atoms with E-state index in [4.69, 9.17) is 21.1 Å². The minimum absolute atomic E-state index is 0. The predicted molar refractivity (Wildman–Crippen MR) is 89.8 cm³/mol. The highest BCUT2D eigenvalue weighted by atomic mass is 35.5. The number of nitrogens with zero attached hydrogens (tertiary/aromatic N) is 2. The molecule has 0 saturated heterocycles. The minimum atomic E-state index is -0.515. The van der Waals surface area contributed by atoms with E-state index in [0.717, 1.165) is 26.1 Å². The normalized spacial score (nSPS) is 10.2. The molecule has 0 unspecified atom stereocenters. The minimum Gasteiger partial charge on any atom is -0.493 e. The first-order chi connectivity index (χ1) is 10.0. The van der Waals surface area contributed by atoms with Gasteiger partial charge in [0.15, 0.2) is 11.5 Å². The van der Waals surface area contributed by atoms with Gasteiger partial charge in [0.2, 0.25) is 0 Å². The highest BCUT2D eigenvalue weighted by Gasteiger charge is 2.17. The summed E-state index contributed by atoms with van der Waals surface area (Å²) in [4.78, 5) is 12.6. The summed E-state index contributed by atoms with van der Waals surface area (Å²) in [6.45, 7) is 7.63. The van der Waals surface area contributed by atoms with E-state index in [-0.39, 0.29) is 28.9 Å². The summed E-state index contributed by atoms with van der Waals surface area (Å²) in [7, 11) is 1.43. The second-order valence-corrected chi connectivity index (χ2v) is 4.85. The summed E-state index contributed by atoms with van der Waals surface area (Å²) in [6.07, 6.45) is 0.845. The zero-order valence-corrected chi connectivity index (χ0v) is 14.6. The van der Waals surface area contributed by atoms with Gasteiger partial charge in [-0.1, -0.05) is 25.4 Å². The zero-order chi connectivity index (χ0) is 15.8. The van der Waals surface area contributed by atoms with E-state index >= 15 is 0 Å². The molecule has 22 heavy (non-hydrogen) atoms. The molecule has 0 saturated carbocycles. The van der Waals surface area contributed by atoms with Crippen molar-refractivity contribution in [2.24, 2.45) is 0 Å². The van der Waals surface area contributed by atoms with Crippen LogP contribution < -0.4 is 9.47 Å². The van der Waals surface area contributed by atoms with E-state index in [2.05, 4.69) is 18.7 Å². The van der Waals surface area contributed by atoms with Crippen LogP contribution in [-0.4, -0.2) is 43.2 Å². The van der Waals surface area contributed by atoms with Gasteiger partial charge in [0.25, 0.3) is 5.69 Å². The quantitative estimate of drug-likeness (QED) is 0.384. The lowest BCUT2D eigenvalue weighted by Crippen LogP contribution is -2.25. The van der Waals surface area contributed by atoms with Crippen molar-refractivity contribution in [2.45, 2.75) is 20.3 Å². The van der Waals surface area contributed by atoms with Crippen LogP contribution in [0.15, 0.2) is 12.1 Å². The highest BCUT2D eigenvalue weighted by molar-refractivity contribution is 6.32. The molecule has 0 amide bonds. The lowest BCUT2D eigenvalue weighted by atomic mass is 10.2. The fraction of sp³-hybridized carbons (Fsp3) is 0.571. The summed E-state index contributed by atoms with van der Waals surface area (Å²) >= 11 is 6.03. The Morgan fingerprint density at radius 3 is 2.45 bits per heavy atom. The molecule has 0 heterocycles. The average molecular weight is 353 g/mol. The Labute approximate surface area is 141 Å². The number of methoxy groups -OCH3 is 1. The molecule has 8 heteroatoms. The first-order valence-corrected chi connectivity index (χ1v) is 7.28. The van der Waals surface area contributed by atoms with Crippen LogP contribution in [0.1, 0.15) is 20.3 Å². The Balaban J connectivity index is 0.00000441. The third-order valence-corrected chi connectivity index (χ3v) is 3.47. The van der Waals surface area contributed by atoms with Crippen molar-refractivity contribution in [3.63, 3.8) is 0 Å². The third kappa shape index (κ3) is 5.87. The monoisotopic (exact) mass is 352 g/mol. The van der Waals surface area contributed by atoms with Crippen LogP contribution in [0, 0.1) is 10.1 Å². The van der Waals surface area contributed by atoms with Crippen molar-refractivity contribution in [1.29, 1.82) is 0 Å². The van der Waals surface area contributed by atoms with Crippen LogP contribution in [0.4, 0.5) is 5.69 Å². The molecule has 1 aromatic carbocycles. The van der Waals surface area contributed by atoms with Crippen LogP contribution in [0.25, 0.3) is 0 Å². The number of rotatable bonds is 9. The van der Waals surface area contributed by atoms with E-state index in [0.29, 0.717) is 12.4 Å². The standard InChI is InChI=1S/C14H21ClN2O4.ClH/c1-4-16(5-2)7-6-8-21-14-12(15)9-11(17(18)19)10-13(14)20-3;/h9-10H,4-8H2,1-3H3;1H. The molecule has 6 nitrogen and oxygen atoms in total. The van der Waals surface area contributed by atoms with Crippen molar-refractivity contribution in [3.05, 3.63) is 27.3 Å². The highest BCUT2D eigenvalue weighted by Crippen LogP contribution is 2.38. The van der Waals surface area contributed by atoms with E-state index < -0.39 is 4.92 Å². The largest absolute Gasteiger partial charge is 0.493 e. The van der Waals surface area contributed by atoms with Crippen LogP contribution in [0.5, 0.6) is 11.5 Å². The van der Waals surface area contributed by atoms with Crippen molar-refractivity contribution in [3.8, 4) is 11.5 Å². The van der Waals surface area contributed by atoms with Gasteiger partial charge in [-0.05, 0) is 19.5 Å². The molecule has 0 radical (unpaired) electrons. The number of ether oxygens (including phenoxy) is 2. The Morgan fingerprint density at radius 2 is 1.95 bits per heavy atom.